The van der Waals surface area contributed by atoms with Crippen LogP contribution in [0.5, 0.6) is 5.75 Å². The number of carbonyl (C=O) groups excluding carboxylic acids is 1. The van der Waals surface area contributed by atoms with Crippen LogP contribution in [-0.2, 0) is 4.79 Å². The Morgan fingerprint density at radius 2 is 1.89 bits per heavy atom. The van der Waals surface area contributed by atoms with E-state index in [-0.39, 0.29) is 5.91 Å². The number of fused-ring (bicyclic) bond motifs is 1. The highest BCUT2D eigenvalue weighted by Crippen LogP contribution is 2.24. The van der Waals surface area contributed by atoms with Crippen LogP contribution >= 0.6 is 0 Å². The quantitative estimate of drug-likeness (QED) is 0.761. The van der Waals surface area contributed by atoms with Gasteiger partial charge in [-0.15, -0.1) is 0 Å². The van der Waals surface area contributed by atoms with Crippen molar-refractivity contribution in [3.8, 4) is 5.75 Å². The van der Waals surface area contributed by atoms with E-state index < -0.39 is 0 Å². The van der Waals surface area contributed by atoms with Gasteiger partial charge in [0.15, 0.2) is 5.82 Å². The molecule has 0 aliphatic carbocycles. The first kappa shape index (κ1) is 20.3. The maximum Gasteiger partial charge on any atom is 0.236 e. The highest BCUT2D eigenvalue weighted by atomic mass is 16.5. The number of carbonyl (C=O) groups is 1. The number of aromatic nitrogens is 2. The lowest BCUT2D eigenvalue weighted by molar-refractivity contribution is -0.132. The number of ether oxygens (including phenoxy) is 1. The molecule has 2 aromatic rings. The lowest BCUT2D eigenvalue weighted by atomic mass is 10.2. The van der Waals surface area contributed by atoms with Crippen molar-refractivity contribution in [2.24, 2.45) is 0 Å². The molecule has 1 aromatic carbocycles. The first-order chi connectivity index (χ1) is 13.5. The summed E-state index contributed by atoms with van der Waals surface area (Å²) in [5, 5.41) is 0. The summed E-state index contributed by atoms with van der Waals surface area (Å²) in [7, 11) is 1.66. The van der Waals surface area contributed by atoms with Crippen molar-refractivity contribution in [2.45, 2.75) is 27.2 Å². The summed E-state index contributed by atoms with van der Waals surface area (Å²) >= 11 is 0. The molecule has 2 heterocycles. The minimum Gasteiger partial charge on any atom is -0.497 e. The van der Waals surface area contributed by atoms with Crippen LogP contribution in [0.25, 0.3) is 11.0 Å². The number of anilines is 1. The van der Waals surface area contributed by atoms with Gasteiger partial charge >= 0.3 is 0 Å². The van der Waals surface area contributed by atoms with E-state index in [2.05, 4.69) is 9.80 Å². The van der Waals surface area contributed by atoms with Crippen molar-refractivity contribution < 1.29 is 9.53 Å². The molecule has 7 heteroatoms. The first-order valence-corrected chi connectivity index (χ1v) is 10.1. The van der Waals surface area contributed by atoms with Gasteiger partial charge in [0.2, 0.25) is 5.91 Å². The third kappa shape index (κ3) is 4.52. The van der Waals surface area contributed by atoms with Crippen molar-refractivity contribution in [3.05, 3.63) is 23.9 Å². The van der Waals surface area contributed by atoms with E-state index in [1.807, 2.05) is 43.9 Å². The Bertz CT molecular complexity index is 822. The van der Waals surface area contributed by atoms with E-state index in [4.69, 9.17) is 14.7 Å². The van der Waals surface area contributed by atoms with Gasteiger partial charge in [0.25, 0.3) is 0 Å². The second kappa shape index (κ2) is 9.19. The molecule has 0 spiro atoms. The molecule has 0 radical (unpaired) electrons. The van der Waals surface area contributed by atoms with Gasteiger partial charge in [0, 0.05) is 45.3 Å². The molecule has 0 bridgehead atoms. The number of amides is 1. The number of methoxy groups -OCH3 is 1. The number of benzene rings is 1. The van der Waals surface area contributed by atoms with Crippen molar-refractivity contribution in [1.29, 1.82) is 0 Å². The fourth-order valence-electron chi connectivity index (χ4n) is 3.75. The summed E-state index contributed by atoms with van der Waals surface area (Å²) in [4.78, 5) is 28.5. The average molecular weight is 386 g/mol. The maximum absolute atomic E-state index is 12.4. The van der Waals surface area contributed by atoms with Crippen LogP contribution in [0.2, 0.25) is 0 Å². The van der Waals surface area contributed by atoms with E-state index in [1.165, 1.54) is 0 Å². The van der Waals surface area contributed by atoms with Crippen molar-refractivity contribution in [1.82, 2.24) is 19.8 Å². The fourth-order valence-corrected chi connectivity index (χ4v) is 3.75. The second-order valence-corrected chi connectivity index (χ2v) is 7.17. The minimum absolute atomic E-state index is 0.217. The molecule has 1 saturated heterocycles. The molecule has 1 fully saturated rings. The molecule has 3 rings (SSSR count). The third-order valence-corrected chi connectivity index (χ3v) is 5.38. The standard InChI is InChI=1S/C21H31N5O2/c1-5-25(6-2)20(27)15-24-10-7-11-26(13-12-24)21-16(3)22-19-14-17(28-4)8-9-18(19)23-21/h8-9,14H,5-7,10-13,15H2,1-4H3. The van der Waals surface area contributed by atoms with E-state index in [0.717, 1.165) is 74.0 Å². The van der Waals surface area contributed by atoms with Crippen LogP contribution in [0.15, 0.2) is 18.2 Å². The number of aryl methyl sites for hydroxylation is 1. The molecule has 0 atom stereocenters. The monoisotopic (exact) mass is 385 g/mol. The molecule has 7 nitrogen and oxygen atoms in total. The Balaban J connectivity index is 1.71. The first-order valence-electron chi connectivity index (χ1n) is 10.1. The van der Waals surface area contributed by atoms with E-state index in [0.29, 0.717) is 6.54 Å². The molecule has 28 heavy (non-hydrogen) atoms. The molecule has 0 N–H and O–H groups in total. The summed E-state index contributed by atoms with van der Waals surface area (Å²) in [6.07, 6.45) is 1.01. The molecular formula is C21H31N5O2. The molecule has 1 aromatic heterocycles. The highest BCUT2D eigenvalue weighted by Gasteiger charge is 2.21. The molecule has 1 amide bonds. The second-order valence-electron chi connectivity index (χ2n) is 7.17. The van der Waals surface area contributed by atoms with Crippen LogP contribution in [-0.4, -0.2) is 78.6 Å². The van der Waals surface area contributed by atoms with Gasteiger partial charge in [0.05, 0.1) is 30.4 Å². The number of hydrogen-bond donors (Lipinski definition) is 0. The van der Waals surface area contributed by atoms with Gasteiger partial charge in [0.1, 0.15) is 5.75 Å². The summed E-state index contributed by atoms with van der Waals surface area (Å²) in [6, 6.07) is 5.79. The smallest absolute Gasteiger partial charge is 0.236 e. The normalized spacial score (nSPS) is 15.5. The van der Waals surface area contributed by atoms with Gasteiger partial charge in [-0.2, -0.15) is 0 Å². The molecule has 152 valence electrons. The minimum atomic E-state index is 0.217. The van der Waals surface area contributed by atoms with Crippen molar-refractivity contribution in [2.75, 3.05) is 57.8 Å². The molecule has 1 aliphatic heterocycles. The van der Waals surface area contributed by atoms with E-state index >= 15 is 0 Å². The fraction of sp³-hybridized carbons (Fsp3) is 0.571. The largest absolute Gasteiger partial charge is 0.497 e. The van der Waals surface area contributed by atoms with Gasteiger partial charge in [-0.05, 0) is 39.3 Å². The van der Waals surface area contributed by atoms with Gasteiger partial charge < -0.3 is 14.5 Å². The molecule has 1 aliphatic rings. The Morgan fingerprint density at radius 1 is 1.11 bits per heavy atom. The summed E-state index contributed by atoms with van der Waals surface area (Å²) < 4.78 is 5.29. The lowest BCUT2D eigenvalue weighted by Gasteiger charge is -2.25. The lowest BCUT2D eigenvalue weighted by Crippen LogP contribution is -2.41. The number of likely N-dealkylation sites (N-methyl/N-ethyl adjacent to an activating group) is 1. The van der Waals surface area contributed by atoms with Crippen LogP contribution in [0.4, 0.5) is 5.82 Å². The third-order valence-electron chi connectivity index (χ3n) is 5.38. The summed E-state index contributed by atoms with van der Waals surface area (Å²) in [6.45, 7) is 11.7. The maximum atomic E-state index is 12.4. The Kier molecular flexibility index (Phi) is 6.67. The van der Waals surface area contributed by atoms with Crippen LogP contribution in [0.3, 0.4) is 0 Å². The molecule has 0 unspecified atom stereocenters. The topological polar surface area (TPSA) is 61.8 Å². The number of hydrogen-bond acceptors (Lipinski definition) is 6. The highest BCUT2D eigenvalue weighted by molar-refractivity contribution is 5.79. The zero-order valence-corrected chi connectivity index (χ0v) is 17.4. The Morgan fingerprint density at radius 3 is 2.61 bits per heavy atom. The average Bonchev–Trinajstić information content (AvgIpc) is 2.93. The predicted molar refractivity (Wildman–Crippen MR) is 112 cm³/mol. The van der Waals surface area contributed by atoms with Crippen LogP contribution in [0, 0.1) is 6.92 Å². The van der Waals surface area contributed by atoms with E-state index in [1.54, 1.807) is 7.11 Å². The predicted octanol–water partition coefficient (Wildman–Crippen LogP) is 2.33. The van der Waals surface area contributed by atoms with Crippen molar-refractivity contribution >= 4 is 22.8 Å². The Hall–Kier alpha value is -2.41. The van der Waals surface area contributed by atoms with Crippen molar-refractivity contribution in [3.63, 3.8) is 0 Å². The number of rotatable bonds is 6. The van der Waals surface area contributed by atoms with Gasteiger partial charge in [-0.25, -0.2) is 9.97 Å². The zero-order valence-electron chi connectivity index (χ0n) is 17.4. The summed E-state index contributed by atoms with van der Waals surface area (Å²) in [5.41, 5.74) is 2.65. The Labute approximate surface area is 167 Å². The van der Waals surface area contributed by atoms with Crippen LogP contribution < -0.4 is 9.64 Å². The summed E-state index contributed by atoms with van der Waals surface area (Å²) in [5.74, 6) is 1.95. The molecule has 0 saturated carbocycles. The van der Waals surface area contributed by atoms with Gasteiger partial charge in [-0.3, -0.25) is 9.69 Å². The molecular weight excluding hydrogens is 354 g/mol. The van der Waals surface area contributed by atoms with E-state index in [9.17, 15) is 4.79 Å². The SMILES string of the molecule is CCN(CC)C(=O)CN1CCCN(c2nc3ccc(OC)cc3nc2C)CC1. The number of nitrogens with zero attached hydrogens (tertiary/aromatic N) is 5. The van der Waals surface area contributed by atoms with Gasteiger partial charge in [-0.1, -0.05) is 0 Å². The zero-order chi connectivity index (χ0) is 20.1. The van der Waals surface area contributed by atoms with Crippen LogP contribution in [0.1, 0.15) is 26.0 Å².